The molecule has 2 aliphatic heterocycles. The number of nitrogens with two attached hydrogens (primary N) is 1. The smallest absolute Gasteiger partial charge is 0.305 e. The first-order valence-electron chi connectivity index (χ1n) is 9.98. The Labute approximate surface area is 178 Å². The number of carbonyl (C=O) groups excluding carboxylic acids is 1. The van der Waals surface area contributed by atoms with E-state index in [4.69, 9.17) is 19.9 Å². The molecule has 0 aliphatic carbocycles. The van der Waals surface area contributed by atoms with Gasteiger partial charge in [-0.2, -0.15) is 11.8 Å². The normalized spacial score (nSPS) is 27.4. The summed E-state index contributed by atoms with van der Waals surface area (Å²) in [5.74, 6) is 1.17. The van der Waals surface area contributed by atoms with Gasteiger partial charge in [0.25, 0.3) is 0 Å². The van der Waals surface area contributed by atoms with Gasteiger partial charge in [0.2, 0.25) is 0 Å². The van der Waals surface area contributed by atoms with Gasteiger partial charge in [-0.25, -0.2) is 15.0 Å². The molecule has 2 fully saturated rings. The molecule has 0 radical (unpaired) electrons. The SMILES string of the molecule is COC(=O)CCCCSCC1OC(n2cnc3c(N)ncnc32)C2OC(C)(C)OC12. The second-order valence-electron chi connectivity index (χ2n) is 7.82. The van der Waals surface area contributed by atoms with Gasteiger partial charge in [0.05, 0.1) is 19.5 Å². The van der Waals surface area contributed by atoms with Crippen molar-refractivity contribution in [3.8, 4) is 0 Å². The van der Waals surface area contributed by atoms with Crippen LogP contribution in [0.5, 0.6) is 0 Å². The van der Waals surface area contributed by atoms with Gasteiger partial charge in [0.15, 0.2) is 23.5 Å². The number of esters is 1. The molecule has 0 bridgehead atoms. The van der Waals surface area contributed by atoms with Gasteiger partial charge in [-0.3, -0.25) is 9.36 Å². The molecule has 2 aromatic heterocycles. The predicted octanol–water partition coefficient (Wildman–Crippen LogP) is 1.90. The van der Waals surface area contributed by atoms with Crippen LogP contribution in [0.15, 0.2) is 12.7 Å². The van der Waals surface area contributed by atoms with E-state index in [1.165, 1.54) is 13.4 Å². The van der Waals surface area contributed by atoms with Gasteiger partial charge in [-0.05, 0) is 32.4 Å². The third-order valence-corrected chi connectivity index (χ3v) is 6.36. The quantitative estimate of drug-likeness (QED) is 0.484. The fourth-order valence-corrected chi connectivity index (χ4v) is 4.92. The van der Waals surface area contributed by atoms with E-state index in [1.807, 2.05) is 18.4 Å². The molecule has 0 aromatic carbocycles. The number of methoxy groups -OCH3 is 1. The van der Waals surface area contributed by atoms with Crippen molar-refractivity contribution in [3.63, 3.8) is 0 Å². The maximum atomic E-state index is 11.2. The molecule has 4 rings (SSSR count). The Morgan fingerprint density at radius 1 is 1.27 bits per heavy atom. The van der Waals surface area contributed by atoms with Gasteiger partial charge in [-0.15, -0.1) is 0 Å². The second kappa shape index (κ2) is 8.66. The van der Waals surface area contributed by atoms with Crippen molar-refractivity contribution in [3.05, 3.63) is 12.7 Å². The molecule has 0 spiro atoms. The van der Waals surface area contributed by atoms with Crippen LogP contribution in [-0.2, 0) is 23.7 Å². The molecule has 2 aromatic rings. The number of rotatable bonds is 8. The highest BCUT2D eigenvalue weighted by Crippen LogP contribution is 2.44. The minimum Gasteiger partial charge on any atom is -0.469 e. The lowest BCUT2D eigenvalue weighted by Crippen LogP contribution is -2.31. The Balaban J connectivity index is 1.42. The van der Waals surface area contributed by atoms with Crippen molar-refractivity contribution < 1.29 is 23.7 Å². The summed E-state index contributed by atoms with van der Waals surface area (Å²) >= 11 is 1.78. The van der Waals surface area contributed by atoms with Gasteiger partial charge < -0.3 is 24.7 Å². The number of anilines is 1. The van der Waals surface area contributed by atoms with Crippen LogP contribution in [0.2, 0.25) is 0 Å². The molecule has 11 heteroatoms. The maximum absolute atomic E-state index is 11.2. The lowest BCUT2D eigenvalue weighted by atomic mass is 10.1. The monoisotopic (exact) mass is 437 g/mol. The van der Waals surface area contributed by atoms with Crippen molar-refractivity contribution in [2.75, 3.05) is 24.3 Å². The number of hydrogen-bond acceptors (Lipinski definition) is 10. The third-order valence-electron chi connectivity index (χ3n) is 5.22. The van der Waals surface area contributed by atoms with E-state index in [2.05, 4.69) is 19.7 Å². The number of carbonyl (C=O) groups is 1. The zero-order chi connectivity index (χ0) is 21.3. The molecule has 4 unspecified atom stereocenters. The van der Waals surface area contributed by atoms with Gasteiger partial charge in [0.1, 0.15) is 24.1 Å². The van der Waals surface area contributed by atoms with Crippen LogP contribution in [0.1, 0.15) is 39.3 Å². The number of nitrogen functional groups attached to an aromatic ring is 1. The van der Waals surface area contributed by atoms with Crippen molar-refractivity contribution in [1.82, 2.24) is 19.5 Å². The van der Waals surface area contributed by atoms with Crippen LogP contribution in [-0.4, -0.2) is 68.2 Å². The maximum Gasteiger partial charge on any atom is 0.305 e. The van der Waals surface area contributed by atoms with Gasteiger partial charge in [0, 0.05) is 12.2 Å². The Morgan fingerprint density at radius 2 is 2.07 bits per heavy atom. The number of ether oxygens (including phenoxy) is 4. The highest BCUT2D eigenvalue weighted by Gasteiger charge is 2.55. The topological polar surface area (TPSA) is 124 Å². The van der Waals surface area contributed by atoms with E-state index in [0.29, 0.717) is 23.4 Å². The first kappa shape index (κ1) is 21.3. The molecule has 10 nitrogen and oxygen atoms in total. The number of aromatic nitrogens is 4. The van der Waals surface area contributed by atoms with Gasteiger partial charge in [-0.1, -0.05) is 0 Å². The molecule has 4 atom stereocenters. The zero-order valence-electron chi connectivity index (χ0n) is 17.3. The summed E-state index contributed by atoms with van der Waals surface area (Å²) in [6.45, 7) is 3.82. The van der Waals surface area contributed by atoms with E-state index >= 15 is 0 Å². The summed E-state index contributed by atoms with van der Waals surface area (Å²) < 4.78 is 25.2. The zero-order valence-corrected chi connectivity index (χ0v) is 18.1. The minimum absolute atomic E-state index is 0.135. The summed E-state index contributed by atoms with van der Waals surface area (Å²) in [6.07, 6.45) is 4.26. The van der Waals surface area contributed by atoms with Crippen molar-refractivity contribution in [1.29, 1.82) is 0 Å². The summed E-state index contributed by atoms with van der Waals surface area (Å²) in [5.41, 5.74) is 7.07. The molecule has 0 saturated carbocycles. The van der Waals surface area contributed by atoms with Crippen LogP contribution < -0.4 is 5.73 Å². The fraction of sp³-hybridized carbons (Fsp3) is 0.684. The largest absolute Gasteiger partial charge is 0.469 e. The Kier molecular flexibility index (Phi) is 6.14. The molecular formula is C19H27N5O5S. The predicted molar refractivity (Wildman–Crippen MR) is 111 cm³/mol. The fourth-order valence-electron chi connectivity index (χ4n) is 3.85. The highest BCUT2D eigenvalue weighted by atomic mass is 32.2. The van der Waals surface area contributed by atoms with Gasteiger partial charge >= 0.3 is 5.97 Å². The van der Waals surface area contributed by atoms with Crippen molar-refractivity contribution >= 4 is 34.7 Å². The van der Waals surface area contributed by atoms with E-state index < -0.39 is 12.0 Å². The van der Waals surface area contributed by atoms with Crippen molar-refractivity contribution in [2.45, 2.75) is 63.4 Å². The number of hydrogen-bond donors (Lipinski definition) is 1. The summed E-state index contributed by atoms with van der Waals surface area (Å²) in [7, 11) is 1.41. The first-order chi connectivity index (χ1) is 14.4. The molecule has 4 heterocycles. The molecule has 2 saturated heterocycles. The van der Waals surface area contributed by atoms with E-state index in [9.17, 15) is 4.79 Å². The Hall–Kier alpha value is -1.95. The number of unbranched alkanes of at least 4 members (excludes halogenated alkanes) is 1. The second-order valence-corrected chi connectivity index (χ2v) is 8.97. The lowest BCUT2D eigenvalue weighted by Gasteiger charge is -2.24. The highest BCUT2D eigenvalue weighted by molar-refractivity contribution is 7.99. The standard InChI is InChI=1S/C19H27N5O5S/c1-19(2)28-14-11(8-30-7-5-4-6-12(25)26-3)27-18(15(14)29-19)24-10-23-13-16(20)21-9-22-17(13)24/h9-11,14-15,18H,4-8H2,1-3H3,(H2,20,21,22). The molecule has 164 valence electrons. The summed E-state index contributed by atoms with van der Waals surface area (Å²) in [6, 6.07) is 0. The average molecular weight is 438 g/mol. The first-order valence-corrected chi connectivity index (χ1v) is 11.1. The van der Waals surface area contributed by atoms with Crippen LogP contribution >= 0.6 is 11.8 Å². The van der Waals surface area contributed by atoms with E-state index in [-0.39, 0.29) is 24.3 Å². The number of nitrogens with zero attached hydrogens (tertiary/aromatic N) is 4. The number of imidazole rings is 1. The molecule has 2 aliphatic rings. The Bertz CT molecular complexity index is 907. The molecule has 30 heavy (non-hydrogen) atoms. The van der Waals surface area contributed by atoms with Crippen LogP contribution in [0.4, 0.5) is 5.82 Å². The molecule has 0 amide bonds. The average Bonchev–Trinajstić information content (AvgIpc) is 3.36. The minimum atomic E-state index is -0.689. The Morgan fingerprint density at radius 3 is 2.87 bits per heavy atom. The van der Waals surface area contributed by atoms with E-state index in [0.717, 1.165) is 24.3 Å². The van der Waals surface area contributed by atoms with Crippen LogP contribution in [0, 0.1) is 0 Å². The van der Waals surface area contributed by atoms with E-state index in [1.54, 1.807) is 18.1 Å². The lowest BCUT2D eigenvalue weighted by molar-refractivity contribution is -0.193. The molecule has 2 N–H and O–H groups in total. The summed E-state index contributed by atoms with van der Waals surface area (Å²) in [4.78, 5) is 23.9. The number of fused-ring (bicyclic) bond motifs is 2. The third kappa shape index (κ3) is 4.25. The van der Waals surface area contributed by atoms with Crippen LogP contribution in [0.25, 0.3) is 11.2 Å². The molecular weight excluding hydrogens is 410 g/mol. The summed E-state index contributed by atoms with van der Waals surface area (Å²) in [5, 5.41) is 0. The van der Waals surface area contributed by atoms with Crippen molar-refractivity contribution in [2.24, 2.45) is 0 Å². The van der Waals surface area contributed by atoms with Crippen LogP contribution in [0.3, 0.4) is 0 Å². The number of thioether (sulfide) groups is 1.